The van der Waals surface area contributed by atoms with Gasteiger partial charge in [0, 0.05) is 24.7 Å². The van der Waals surface area contributed by atoms with Gasteiger partial charge in [-0.3, -0.25) is 4.90 Å². The topological polar surface area (TPSA) is 62.2 Å². The van der Waals surface area contributed by atoms with E-state index in [9.17, 15) is 10.2 Å². The molecule has 27 heavy (non-hydrogen) atoms. The molecule has 0 bridgehead atoms. The molecule has 0 aromatic heterocycles. The summed E-state index contributed by atoms with van der Waals surface area (Å²) in [4.78, 5) is 2.42. The van der Waals surface area contributed by atoms with E-state index in [2.05, 4.69) is 11.8 Å². The minimum Gasteiger partial charge on any atom is -0.504 e. The molecule has 0 amide bonds. The van der Waals surface area contributed by atoms with E-state index < -0.39 is 0 Å². The Kier molecular flexibility index (Phi) is 4.87. The normalized spacial score (nSPS) is 18.4. The van der Waals surface area contributed by atoms with Gasteiger partial charge in [-0.2, -0.15) is 0 Å². The highest BCUT2D eigenvalue weighted by Gasteiger charge is 2.34. The van der Waals surface area contributed by atoms with Gasteiger partial charge in [-0.15, -0.1) is 0 Å². The van der Waals surface area contributed by atoms with Crippen LogP contribution in [0.5, 0.6) is 23.0 Å². The molecule has 2 aromatic rings. The standard InChI is InChI=1S/C22H27NO4/c1-3-9-27-21-11-15-7-8-23-13-17-14(5-6-19(24)22(17)26-4-2)10-18(23)16(15)12-20(21)25/h5-6,11-12,18,24-25H,3-4,7-10,13H2,1-2H3/t18-/m0/s1. The molecule has 0 saturated carbocycles. The molecule has 0 saturated heterocycles. The highest BCUT2D eigenvalue weighted by Crippen LogP contribution is 2.45. The molecule has 1 atom stereocenters. The fourth-order valence-corrected chi connectivity index (χ4v) is 4.26. The zero-order chi connectivity index (χ0) is 19.0. The van der Waals surface area contributed by atoms with Crippen LogP contribution in [0.3, 0.4) is 0 Å². The molecule has 2 N–H and O–H groups in total. The molecule has 5 nitrogen and oxygen atoms in total. The van der Waals surface area contributed by atoms with Crippen LogP contribution in [0.1, 0.15) is 48.6 Å². The number of benzene rings is 2. The lowest BCUT2D eigenvalue weighted by Crippen LogP contribution is -2.39. The molecular weight excluding hydrogens is 342 g/mol. The second-order valence-electron chi connectivity index (χ2n) is 7.29. The number of rotatable bonds is 5. The fourth-order valence-electron chi connectivity index (χ4n) is 4.26. The van der Waals surface area contributed by atoms with Gasteiger partial charge in [0.25, 0.3) is 0 Å². The Labute approximate surface area is 160 Å². The molecule has 4 rings (SSSR count). The fraction of sp³-hybridized carbons (Fsp3) is 0.455. The molecule has 2 aliphatic rings. The number of hydrogen-bond donors (Lipinski definition) is 2. The molecule has 0 fully saturated rings. The van der Waals surface area contributed by atoms with Gasteiger partial charge in [0.15, 0.2) is 23.0 Å². The third kappa shape index (κ3) is 3.21. The minimum absolute atomic E-state index is 0.210. The summed E-state index contributed by atoms with van der Waals surface area (Å²) in [5.41, 5.74) is 4.73. The van der Waals surface area contributed by atoms with Gasteiger partial charge < -0.3 is 19.7 Å². The van der Waals surface area contributed by atoms with E-state index in [1.165, 1.54) is 16.7 Å². The molecule has 144 valence electrons. The van der Waals surface area contributed by atoms with Crippen LogP contribution in [0.2, 0.25) is 0 Å². The Morgan fingerprint density at radius 1 is 1.07 bits per heavy atom. The Hall–Kier alpha value is -2.40. The SMILES string of the molecule is CCCOc1cc2c(cc1O)[C@@H]1Cc3ccc(O)c(OCC)c3CN1CC2. The van der Waals surface area contributed by atoms with Crippen LogP contribution in [0, 0.1) is 0 Å². The summed E-state index contributed by atoms with van der Waals surface area (Å²) in [5, 5.41) is 20.6. The monoisotopic (exact) mass is 369 g/mol. The first kappa shape index (κ1) is 18.0. The summed E-state index contributed by atoms with van der Waals surface area (Å²) < 4.78 is 11.4. The lowest BCUT2D eigenvalue weighted by molar-refractivity contribution is 0.156. The molecule has 0 unspecified atom stereocenters. The van der Waals surface area contributed by atoms with E-state index in [0.717, 1.165) is 37.9 Å². The van der Waals surface area contributed by atoms with Gasteiger partial charge >= 0.3 is 0 Å². The summed E-state index contributed by atoms with van der Waals surface area (Å²) in [6, 6.07) is 7.84. The number of phenolic OH excluding ortho intramolecular Hbond substituents is 2. The van der Waals surface area contributed by atoms with Crippen molar-refractivity contribution in [2.75, 3.05) is 19.8 Å². The summed E-state index contributed by atoms with van der Waals surface area (Å²) in [5.74, 6) is 1.63. The van der Waals surface area contributed by atoms with E-state index in [1.807, 2.05) is 25.1 Å². The smallest absolute Gasteiger partial charge is 0.165 e. The van der Waals surface area contributed by atoms with Gasteiger partial charge in [-0.25, -0.2) is 0 Å². The van der Waals surface area contributed by atoms with Crippen molar-refractivity contribution < 1.29 is 19.7 Å². The number of ether oxygens (including phenoxy) is 2. The summed E-state index contributed by atoms with van der Waals surface area (Å²) >= 11 is 0. The molecular formula is C22H27NO4. The minimum atomic E-state index is 0.210. The second kappa shape index (κ2) is 7.31. The van der Waals surface area contributed by atoms with E-state index in [4.69, 9.17) is 9.47 Å². The van der Waals surface area contributed by atoms with Crippen LogP contribution >= 0.6 is 0 Å². The van der Waals surface area contributed by atoms with Crippen molar-refractivity contribution in [2.24, 2.45) is 0 Å². The third-order valence-electron chi connectivity index (χ3n) is 5.55. The maximum absolute atomic E-state index is 10.4. The third-order valence-corrected chi connectivity index (χ3v) is 5.55. The first-order valence-electron chi connectivity index (χ1n) is 9.81. The first-order valence-corrected chi connectivity index (χ1v) is 9.81. The lowest BCUT2D eigenvalue weighted by atomic mass is 9.83. The van der Waals surface area contributed by atoms with Crippen LogP contribution in [0.15, 0.2) is 24.3 Å². The molecule has 2 aliphatic heterocycles. The van der Waals surface area contributed by atoms with Gasteiger partial charge in [-0.05, 0) is 61.1 Å². The predicted octanol–water partition coefficient (Wildman–Crippen LogP) is 3.94. The van der Waals surface area contributed by atoms with Crippen LogP contribution in [-0.4, -0.2) is 34.9 Å². The first-order chi connectivity index (χ1) is 13.1. The van der Waals surface area contributed by atoms with Crippen molar-refractivity contribution in [2.45, 2.75) is 45.7 Å². The molecule has 0 aliphatic carbocycles. The van der Waals surface area contributed by atoms with Crippen molar-refractivity contribution in [3.8, 4) is 23.0 Å². The zero-order valence-corrected chi connectivity index (χ0v) is 16.0. The Morgan fingerprint density at radius 2 is 1.93 bits per heavy atom. The van der Waals surface area contributed by atoms with Crippen molar-refractivity contribution in [3.63, 3.8) is 0 Å². The number of fused-ring (bicyclic) bond motifs is 4. The number of hydrogen-bond acceptors (Lipinski definition) is 5. The van der Waals surface area contributed by atoms with Crippen LogP contribution in [0.25, 0.3) is 0 Å². The van der Waals surface area contributed by atoms with Crippen LogP contribution in [-0.2, 0) is 19.4 Å². The number of nitrogens with zero attached hydrogens (tertiary/aromatic N) is 1. The quantitative estimate of drug-likeness (QED) is 0.836. The molecule has 0 radical (unpaired) electrons. The van der Waals surface area contributed by atoms with Crippen molar-refractivity contribution in [3.05, 3.63) is 46.5 Å². The summed E-state index contributed by atoms with van der Waals surface area (Å²) in [7, 11) is 0. The Bertz CT molecular complexity index is 849. The van der Waals surface area contributed by atoms with Crippen LogP contribution < -0.4 is 9.47 Å². The van der Waals surface area contributed by atoms with Crippen molar-refractivity contribution in [1.82, 2.24) is 4.90 Å². The van der Waals surface area contributed by atoms with Gasteiger partial charge in [0.2, 0.25) is 0 Å². The number of aromatic hydroxyl groups is 2. The molecule has 2 heterocycles. The summed E-state index contributed by atoms with van der Waals surface area (Å²) in [6.07, 6.45) is 2.68. The predicted molar refractivity (Wildman–Crippen MR) is 104 cm³/mol. The molecule has 2 aromatic carbocycles. The average molecular weight is 369 g/mol. The molecule has 0 spiro atoms. The summed E-state index contributed by atoms with van der Waals surface area (Å²) in [6.45, 7) is 6.82. The second-order valence-corrected chi connectivity index (χ2v) is 7.29. The largest absolute Gasteiger partial charge is 0.504 e. The maximum atomic E-state index is 10.4. The maximum Gasteiger partial charge on any atom is 0.165 e. The van der Waals surface area contributed by atoms with E-state index >= 15 is 0 Å². The highest BCUT2D eigenvalue weighted by molar-refractivity contribution is 5.54. The Balaban J connectivity index is 1.68. The van der Waals surface area contributed by atoms with Crippen molar-refractivity contribution >= 4 is 0 Å². The Morgan fingerprint density at radius 3 is 2.70 bits per heavy atom. The molecule has 5 heteroatoms. The van der Waals surface area contributed by atoms with Gasteiger partial charge in [0.1, 0.15) is 0 Å². The lowest BCUT2D eigenvalue weighted by Gasteiger charge is -2.42. The highest BCUT2D eigenvalue weighted by atomic mass is 16.5. The van der Waals surface area contributed by atoms with Gasteiger partial charge in [0.05, 0.1) is 13.2 Å². The zero-order valence-electron chi connectivity index (χ0n) is 16.0. The van der Waals surface area contributed by atoms with Crippen molar-refractivity contribution in [1.29, 1.82) is 0 Å². The van der Waals surface area contributed by atoms with Gasteiger partial charge in [-0.1, -0.05) is 13.0 Å². The van der Waals surface area contributed by atoms with E-state index in [1.54, 1.807) is 6.07 Å². The van der Waals surface area contributed by atoms with Crippen LogP contribution in [0.4, 0.5) is 0 Å². The van der Waals surface area contributed by atoms with E-state index in [-0.39, 0.29) is 17.5 Å². The average Bonchev–Trinajstić information content (AvgIpc) is 2.67. The van der Waals surface area contributed by atoms with E-state index in [0.29, 0.717) is 24.7 Å². The number of phenols is 2.